The molecule has 3 aromatic rings. The van der Waals surface area contributed by atoms with Crippen LogP contribution in [-0.2, 0) is 13.1 Å². The summed E-state index contributed by atoms with van der Waals surface area (Å²) in [6.07, 6.45) is 1.78. The van der Waals surface area contributed by atoms with Gasteiger partial charge < -0.3 is 10.6 Å². The molecule has 0 atom stereocenters. The predicted octanol–water partition coefficient (Wildman–Crippen LogP) is 4.06. The van der Waals surface area contributed by atoms with E-state index in [-0.39, 0.29) is 0 Å². The van der Waals surface area contributed by atoms with Gasteiger partial charge in [-0.1, -0.05) is 29.8 Å². The Bertz CT molecular complexity index is 790. The number of aryl methyl sites for hydroxylation is 1. The molecule has 0 saturated heterocycles. The van der Waals surface area contributed by atoms with E-state index in [4.69, 9.17) is 11.6 Å². The molecule has 0 bridgehead atoms. The van der Waals surface area contributed by atoms with Crippen molar-refractivity contribution in [2.75, 3.05) is 10.6 Å². The molecule has 0 radical (unpaired) electrons. The number of rotatable bonds is 6. The van der Waals surface area contributed by atoms with E-state index in [0.29, 0.717) is 18.9 Å². The van der Waals surface area contributed by atoms with E-state index >= 15 is 0 Å². The van der Waals surface area contributed by atoms with Crippen LogP contribution in [0.2, 0.25) is 5.02 Å². The highest BCUT2D eigenvalue weighted by Crippen LogP contribution is 2.14. The fourth-order valence-electron chi connectivity index (χ4n) is 2.23. The molecule has 2 heterocycles. The molecule has 0 unspecified atom stereocenters. The molecule has 0 aliphatic rings. The summed E-state index contributed by atoms with van der Waals surface area (Å²) in [5.41, 5.74) is 2.10. The molecule has 1 aromatic carbocycles. The van der Waals surface area contributed by atoms with E-state index in [2.05, 4.69) is 25.6 Å². The maximum absolute atomic E-state index is 5.90. The molecular weight excluding hydrogens is 322 g/mol. The van der Waals surface area contributed by atoms with Crippen LogP contribution in [-0.4, -0.2) is 15.0 Å². The minimum absolute atomic E-state index is 0.619. The van der Waals surface area contributed by atoms with Crippen LogP contribution in [0.3, 0.4) is 0 Å². The molecule has 3 rings (SSSR count). The lowest BCUT2D eigenvalue weighted by molar-refractivity contribution is 0.985. The lowest BCUT2D eigenvalue weighted by atomic mass is 10.2. The maximum atomic E-state index is 5.90. The first-order valence-electron chi connectivity index (χ1n) is 7.67. The Morgan fingerprint density at radius 3 is 2.29 bits per heavy atom. The van der Waals surface area contributed by atoms with Gasteiger partial charge in [0.05, 0.1) is 12.2 Å². The number of nitrogens with one attached hydrogen (secondary N) is 2. The number of hydrogen-bond acceptors (Lipinski definition) is 5. The predicted molar refractivity (Wildman–Crippen MR) is 97.1 cm³/mol. The summed E-state index contributed by atoms with van der Waals surface area (Å²) >= 11 is 5.90. The van der Waals surface area contributed by atoms with Crippen LogP contribution >= 0.6 is 11.6 Å². The van der Waals surface area contributed by atoms with Crippen molar-refractivity contribution in [3.8, 4) is 0 Å². The number of pyridine rings is 1. The Morgan fingerprint density at radius 2 is 1.62 bits per heavy atom. The smallest absolute Gasteiger partial charge is 0.132 e. The Morgan fingerprint density at radius 1 is 0.917 bits per heavy atom. The number of hydrogen-bond donors (Lipinski definition) is 2. The highest BCUT2D eigenvalue weighted by Gasteiger charge is 2.03. The Balaban J connectivity index is 1.63. The third-order valence-electron chi connectivity index (χ3n) is 3.40. The molecule has 6 heteroatoms. The van der Waals surface area contributed by atoms with Gasteiger partial charge in [0.25, 0.3) is 0 Å². The van der Waals surface area contributed by atoms with Crippen LogP contribution in [0.1, 0.15) is 17.1 Å². The molecule has 2 aromatic heterocycles. The Labute approximate surface area is 146 Å². The molecule has 0 spiro atoms. The fourth-order valence-corrected chi connectivity index (χ4v) is 2.35. The maximum Gasteiger partial charge on any atom is 0.132 e. The van der Waals surface area contributed by atoms with Crippen LogP contribution in [0, 0.1) is 6.92 Å². The van der Waals surface area contributed by atoms with Crippen molar-refractivity contribution in [3.63, 3.8) is 0 Å². The minimum atomic E-state index is 0.619. The van der Waals surface area contributed by atoms with E-state index in [0.717, 1.165) is 27.9 Å². The van der Waals surface area contributed by atoms with Gasteiger partial charge >= 0.3 is 0 Å². The van der Waals surface area contributed by atoms with Crippen molar-refractivity contribution >= 4 is 23.2 Å². The monoisotopic (exact) mass is 339 g/mol. The molecular formula is C18H18ClN5. The standard InChI is InChI=1S/C18H18ClN5/c1-13-23-17(21-11-14-5-7-15(19)8-6-14)10-18(24-13)22-12-16-4-2-3-9-20-16/h2-10H,11-12H2,1H3,(H2,21,22,23,24). The summed E-state index contributed by atoms with van der Waals surface area (Å²) < 4.78 is 0. The van der Waals surface area contributed by atoms with E-state index in [1.54, 1.807) is 6.20 Å². The van der Waals surface area contributed by atoms with Crippen molar-refractivity contribution in [3.05, 3.63) is 76.8 Å². The lowest BCUT2D eigenvalue weighted by Gasteiger charge is -2.10. The van der Waals surface area contributed by atoms with Gasteiger partial charge in [0, 0.05) is 23.8 Å². The minimum Gasteiger partial charge on any atom is -0.366 e. The Hall–Kier alpha value is -2.66. The normalized spacial score (nSPS) is 10.4. The molecule has 122 valence electrons. The van der Waals surface area contributed by atoms with Gasteiger partial charge in [-0.05, 0) is 36.8 Å². The van der Waals surface area contributed by atoms with E-state index < -0.39 is 0 Å². The summed E-state index contributed by atoms with van der Waals surface area (Å²) in [5.74, 6) is 2.26. The second-order valence-electron chi connectivity index (χ2n) is 5.34. The van der Waals surface area contributed by atoms with E-state index in [9.17, 15) is 0 Å². The molecule has 0 saturated carbocycles. The second kappa shape index (κ2) is 7.75. The summed E-state index contributed by atoms with van der Waals surface area (Å²) in [7, 11) is 0. The molecule has 2 N–H and O–H groups in total. The van der Waals surface area contributed by atoms with Crippen molar-refractivity contribution in [1.29, 1.82) is 0 Å². The number of aromatic nitrogens is 3. The zero-order valence-corrected chi connectivity index (χ0v) is 14.1. The third-order valence-corrected chi connectivity index (χ3v) is 3.65. The largest absolute Gasteiger partial charge is 0.366 e. The SMILES string of the molecule is Cc1nc(NCc2ccc(Cl)cc2)cc(NCc2ccccn2)n1. The first-order valence-corrected chi connectivity index (χ1v) is 8.04. The van der Waals surface area contributed by atoms with Gasteiger partial charge in [0.2, 0.25) is 0 Å². The zero-order chi connectivity index (χ0) is 16.8. The van der Waals surface area contributed by atoms with Crippen LogP contribution in [0.4, 0.5) is 11.6 Å². The number of anilines is 2. The van der Waals surface area contributed by atoms with Crippen molar-refractivity contribution in [2.24, 2.45) is 0 Å². The van der Waals surface area contributed by atoms with Crippen molar-refractivity contribution in [1.82, 2.24) is 15.0 Å². The van der Waals surface area contributed by atoms with Gasteiger partial charge in [-0.3, -0.25) is 4.98 Å². The summed E-state index contributed by atoms with van der Waals surface area (Å²) in [4.78, 5) is 13.1. The summed E-state index contributed by atoms with van der Waals surface area (Å²) in [6.45, 7) is 3.17. The molecule has 0 aliphatic carbocycles. The zero-order valence-electron chi connectivity index (χ0n) is 13.3. The van der Waals surface area contributed by atoms with Gasteiger partial charge in [0.1, 0.15) is 17.5 Å². The van der Waals surface area contributed by atoms with Gasteiger partial charge in [-0.2, -0.15) is 0 Å². The van der Waals surface area contributed by atoms with Crippen LogP contribution in [0.5, 0.6) is 0 Å². The fraction of sp³-hybridized carbons (Fsp3) is 0.167. The third kappa shape index (κ3) is 4.67. The van der Waals surface area contributed by atoms with Gasteiger partial charge in [-0.25, -0.2) is 9.97 Å². The number of benzene rings is 1. The first-order chi connectivity index (χ1) is 11.7. The lowest BCUT2D eigenvalue weighted by Crippen LogP contribution is -2.07. The molecule has 0 fully saturated rings. The van der Waals surface area contributed by atoms with Crippen LogP contribution in [0.15, 0.2) is 54.7 Å². The van der Waals surface area contributed by atoms with E-state index in [1.807, 2.05) is 55.5 Å². The van der Waals surface area contributed by atoms with E-state index in [1.165, 1.54) is 0 Å². The second-order valence-corrected chi connectivity index (χ2v) is 5.78. The summed E-state index contributed by atoms with van der Waals surface area (Å²) in [5, 5.41) is 7.32. The average Bonchev–Trinajstić information content (AvgIpc) is 2.60. The molecule has 24 heavy (non-hydrogen) atoms. The average molecular weight is 340 g/mol. The van der Waals surface area contributed by atoms with Crippen molar-refractivity contribution in [2.45, 2.75) is 20.0 Å². The number of nitrogens with zero attached hydrogens (tertiary/aromatic N) is 3. The van der Waals surface area contributed by atoms with Crippen LogP contribution < -0.4 is 10.6 Å². The molecule has 0 aliphatic heterocycles. The highest BCUT2D eigenvalue weighted by molar-refractivity contribution is 6.30. The van der Waals surface area contributed by atoms with Gasteiger partial charge in [-0.15, -0.1) is 0 Å². The van der Waals surface area contributed by atoms with Crippen LogP contribution in [0.25, 0.3) is 0 Å². The summed E-state index contributed by atoms with van der Waals surface area (Å²) in [6, 6.07) is 15.5. The van der Waals surface area contributed by atoms with Gasteiger partial charge in [0.15, 0.2) is 0 Å². The Kier molecular flexibility index (Phi) is 5.23. The first kappa shape index (κ1) is 16.2. The highest BCUT2D eigenvalue weighted by atomic mass is 35.5. The quantitative estimate of drug-likeness (QED) is 0.709. The molecule has 0 amide bonds. The van der Waals surface area contributed by atoms with Crippen molar-refractivity contribution < 1.29 is 0 Å². The number of halogens is 1. The molecule has 5 nitrogen and oxygen atoms in total. The topological polar surface area (TPSA) is 62.7 Å².